The van der Waals surface area contributed by atoms with Crippen molar-refractivity contribution in [2.75, 3.05) is 19.8 Å². The first-order valence-corrected chi connectivity index (χ1v) is 9.69. The number of hydrogen-bond donors (Lipinski definition) is 1. The number of aliphatic hydroxyl groups is 1. The highest BCUT2D eigenvalue weighted by Gasteiger charge is 2.45. The van der Waals surface area contributed by atoms with Crippen LogP contribution in [-0.2, 0) is 9.53 Å². The maximum absolute atomic E-state index is 13.4. The van der Waals surface area contributed by atoms with Crippen molar-refractivity contribution in [1.29, 1.82) is 0 Å². The third-order valence-electron chi connectivity index (χ3n) is 5.81. The summed E-state index contributed by atoms with van der Waals surface area (Å²) in [5.74, 6) is -0.334. The number of carbonyl (C=O) groups excluding carboxylic acids is 2. The molecule has 2 atom stereocenters. The van der Waals surface area contributed by atoms with Crippen LogP contribution in [0.15, 0.2) is 41.5 Å². The molecule has 0 saturated heterocycles. The minimum Gasteiger partial charge on any atom is -0.492 e. The molecule has 4 heterocycles. The molecule has 0 fully saturated rings. The average Bonchev–Trinajstić information content (AvgIpc) is 2.99. The second-order valence-electron chi connectivity index (χ2n) is 7.37. The van der Waals surface area contributed by atoms with Crippen LogP contribution in [0.5, 0.6) is 5.75 Å². The second-order valence-corrected chi connectivity index (χ2v) is 7.37. The minimum absolute atomic E-state index is 0.165. The zero-order valence-corrected chi connectivity index (χ0v) is 16.1. The highest BCUT2D eigenvalue weighted by molar-refractivity contribution is 6.14. The predicted octanol–water partition coefficient (Wildman–Crippen LogP) is 2.29. The van der Waals surface area contributed by atoms with Crippen LogP contribution in [0.4, 0.5) is 0 Å². The van der Waals surface area contributed by atoms with Crippen molar-refractivity contribution in [3.05, 3.63) is 52.7 Å². The molecule has 1 N–H and O–H groups in total. The Hall–Kier alpha value is -3.19. The van der Waals surface area contributed by atoms with E-state index in [1.165, 1.54) is 0 Å². The number of aromatic nitrogens is 1. The lowest BCUT2D eigenvalue weighted by Crippen LogP contribution is -2.43. The molecular formula is C22H20N2O5. The van der Waals surface area contributed by atoms with E-state index in [4.69, 9.17) is 14.5 Å². The van der Waals surface area contributed by atoms with Gasteiger partial charge in [0.2, 0.25) is 0 Å². The van der Waals surface area contributed by atoms with Gasteiger partial charge >= 0.3 is 5.97 Å². The summed E-state index contributed by atoms with van der Waals surface area (Å²) >= 11 is 0. The summed E-state index contributed by atoms with van der Waals surface area (Å²) in [4.78, 5) is 32.0. The fourth-order valence-electron chi connectivity index (χ4n) is 4.42. The number of allylic oxidation sites excluding steroid dienone is 1. The maximum atomic E-state index is 13.4. The van der Waals surface area contributed by atoms with Gasteiger partial charge in [-0.25, -0.2) is 9.78 Å². The number of cyclic esters (lactones) is 1. The first-order chi connectivity index (χ1) is 14.0. The summed E-state index contributed by atoms with van der Waals surface area (Å²) in [5, 5.41) is 10.5. The van der Waals surface area contributed by atoms with Gasteiger partial charge in [-0.05, 0) is 37.6 Å². The lowest BCUT2D eigenvalue weighted by atomic mass is 9.84. The fourth-order valence-corrected chi connectivity index (χ4v) is 4.42. The highest BCUT2D eigenvalue weighted by atomic mass is 16.5. The van der Waals surface area contributed by atoms with Crippen molar-refractivity contribution in [2.45, 2.75) is 20.0 Å². The van der Waals surface area contributed by atoms with E-state index >= 15 is 0 Å². The normalized spacial score (nSPS) is 22.9. The lowest BCUT2D eigenvalue weighted by molar-refractivity contribution is -0.148. The van der Waals surface area contributed by atoms with Crippen LogP contribution in [-0.4, -0.2) is 52.7 Å². The number of amides is 1. The van der Waals surface area contributed by atoms with Crippen LogP contribution in [0.2, 0.25) is 0 Å². The monoisotopic (exact) mass is 392 g/mol. The van der Waals surface area contributed by atoms with Gasteiger partial charge in [-0.1, -0.05) is 12.1 Å². The molecule has 3 aliphatic rings. The van der Waals surface area contributed by atoms with Crippen molar-refractivity contribution in [3.63, 3.8) is 0 Å². The number of para-hydroxylation sites is 1. The molecule has 0 aliphatic carbocycles. The van der Waals surface area contributed by atoms with Crippen LogP contribution in [0.3, 0.4) is 0 Å². The summed E-state index contributed by atoms with van der Waals surface area (Å²) in [6.45, 7) is 4.06. The third kappa shape index (κ3) is 2.43. The third-order valence-corrected chi connectivity index (χ3v) is 5.81. The number of carbonyl (C=O) groups is 2. The number of rotatable bonds is 3. The largest absolute Gasteiger partial charge is 0.492 e. The smallest absolute Gasteiger partial charge is 0.336 e. The number of ether oxygens (including phenoxy) is 2. The molecule has 7 nitrogen and oxygen atoms in total. The van der Waals surface area contributed by atoms with Crippen LogP contribution >= 0.6 is 0 Å². The van der Waals surface area contributed by atoms with E-state index in [1.807, 2.05) is 31.2 Å². The first kappa shape index (κ1) is 17.9. The van der Waals surface area contributed by atoms with Crippen molar-refractivity contribution in [3.8, 4) is 5.75 Å². The van der Waals surface area contributed by atoms with E-state index in [9.17, 15) is 14.7 Å². The molecule has 7 heteroatoms. The van der Waals surface area contributed by atoms with Gasteiger partial charge in [0, 0.05) is 17.8 Å². The quantitative estimate of drug-likeness (QED) is 0.807. The minimum atomic E-state index is -0.512. The molecule has 3 aliphatic heterocycles. The lowest BCUT2D eigenvalue weighted by Gasteiger charge is -2.37. The molecule has 0 saturated carbocycles. The Morgan fingerprint density at radius 1 is 1.31 bits per heavy atom. The van der Waals surface area contributed by atoms with Gasteiger partial charge in [0.1, 0.15) is 23.1 Å². The van der Waals surface area contributed by atoms with Crippen LogP contribution in [0.25, 0.3) is 16.6 Å². The summed E-state index contributed by atoms with van der Waals surface area (Å²) in [5.41, 5.74) is 3.33. The number of esters is 1. The molecular weight excluding hydrogens is 372 g/mol. The number of fused-ring (bicyclic) bond motifs is 5. The molecule has 0 radical (unpaired) electrons. The van der Waals surface area contributed by atoms with Gasteiger partial charge in [-0.3, -0.25) is 4.79 Å². The Balaban J connectivity index is 1.78. The summed E-state index contributed by atoms with van der Waals surface area (Å²) in [6.07, 6.45) is 1.42. The van der Waals surface area contributed by atoms with Gasteiger partial charge in [-0.2, -0.15) is 0 Å². The number of hydrogen-bond acceptors (Lipinski definition) is 6. The Labute approximate surface area is 167 Å². The van der Waals surface area contributed by atoms with Crippen molar-refractivity contribution in [2.24, 2.45) is 5.92 Å². The van der Waals surface area contributed by atoms with Gasteiger partial charge in [0.15, 0.2) is 0 Å². The average molecular weight is 392 g/mol. The van der Waals surface area contributed by atoms with E-state index in [0.29, 0.717) is 35.9 Å². The van der Waals surface area contributed by atoms with Crippen molar-refractivity contribution in [1.82, 2.24) is 9.88 Å². The van der Waals surface area contributed by atoms with Gasteiger partial charge in [0.05, 0.1) is 30.0 Å². The number of aliphatic hydroxyl groups excluding tert-OH is 1. The van der Waals surface area contributed by atoms with Crippen LogP contribution < -0.4 is 4.74 Å². The predicted molar refractivity (Wildman–Crippen MR) is 105 cm³/mol. The highest BCUT2D eigenvalue weighted by Crippen LogP contribution is 2.46. The van der Waals surface area contributed by atoms with Crippen LogP contribution in [0, 0.1) is 5.92 Å². The van der Waals surface area contributed by atoms with E-state index in [0.717, 1.165) is 16.5 Å². The molecule has 1 amide bonds. The van der Waals surface area contributed by atoms with Crippen molar-refractivity contribution >= 4 is 28.5 Å². The Morgan fingerprint density at radius 2 is 2.10 bits per heavy atom. The van der Waals surface area contributed by atoms with Gasteiger partial charge in [-0.15, -0.1) is 0 Å². The summed E-state index contributed by atoms with van der Waals surface area (Å²) < 4.78 is 11.3. The molecule has 0 unspecified atom stereocenters. The molecule has 1 aromatic heterocycles. The zero-order chi connectivity index (χ0) is 20.3. The molecule has 0 spiro atoms. The maximum Gasteiger partial charge on any atom is 0.336 e. The summed E-state index contributed by atoms with van der Waals surface area (Å²) in [6, 6.07) is 7.56. The Kier molecular flexibility index (Phi) is 3.96. The van der Waals surface area contributed by atoms with E-state index in [2.05, 4.69) is 0 Å². The first-order valence-electron chi connectivity index (χ1n) is 9.69. The second kappa shape index (κ2) is 6.42. The van der Waals surface area contributed by atoms with E-state index in [-0.39, 0.29) is 23.5 Å². The van der Waals surface area contributed by atoms with E-state index in [1.54, 1.807) is 17.9 Å². The fraction of sp³-hybridized carbons (Fsp3) is 0.318. The Bertz CT molecular complexity index is 1130. The molecule has 29 heavy (non-hydrogen) atoms. The SMILES string of the molecule is CCOc1c2c(nc3ccccc13)C1=CC3=C(CO)C(=O)O[C@@H](C)[C@@H]3CN1C2=O. The molecule has 1 aromatic carbocycles. The topological polar surface area (TPSA) is 89.0 Å². The van der Waals surface area contributed by atoms with Gasteiger partial charge in [0.25, 0.3) is 5.91 Å². The number of pyridine rings is 1. The zero-order valence-electron chi connectivity index (χ0n) is 16.1. The van der Waals surface area contributed by atoms with Crippen molar-refractivity contribution < 1.29 is 24.2 Å². The molecule has 148 valence electrons. The molecule has 5 rings (SSSR count). The van der Waals surface area contributed by atoms with Gasteiger partial charge < -0.3 is 19.5 Å². The standard InChI is InChI=1S/C22H20N2O5/c1-3-28-20-12-6-4-5-7-16(12)23-19-17-8-13-14(9-24(17)21(26)18(19)20)11(2)29-22(27)15(13)10-25/h4-8,11,14,25H,3,9-10H2,1-2H3/t11-,14-/m0/s1. The van der Waals surface area contributed by atoms with E-state index < -0.39 is 12.6 Å². The Morgan fingerprint density at radius 3 is 2.86 bits per heavy atom. The number of nitrogens with zero attached hydrogens (tertiary/aromatic N) is 2. The number of benzene rings is 1. The molecule has 0 bridgehead atoms. The summed E-state index contributed by atoms with van der Waals surface area (Å²) in [7, 11) is 0. The van der Waals surface area contributed by atoms with Crippen LogP contribution in [0.1, 0.15) is 29.9 Å². The molecule has 2 aromatic rings.